The Bertz CT molecular complexity index is 407. The first-order chi connectivity index (χ1) is 6.45. The maximum atomic E-state index is 11.0. The molecule has 0 heterocycles. The van der Waals surface area contributed by atoms with Crippen molar-refractivity contribution >= 4 is 11.6 Å². The summed E-state index contributed by atoms with van der Waals surface area (Å²) in [5.41, 5.74) is -0.175. The summed E-state index contributed by atoms with van der Waals surface area (Å²) in [5.74, 6) is -1.61. The van der Waals surface area contributed by atoms with Crippen LogP contribution in [0, 0.1) is 0 Å². The molecule has 0 saturated carbocycles. The van der Waals surface area contributed by atoms with Crippen LogP contribution >= 0.6 is 0 Å². The molecule has 0 saturated heterocycles. The lowest BCUT2D eigenvalue weighted by molar-refractivity contribution is 0.101. The highest BCUT2D eigenvalue weighted by atomic mass is 16.3. The van der Waals surface area contributed by atoms with Gasteiger partial charge < -0.3 is 10.2 Å². The summed E-state index contributed by atoms with van der Waals surface area (Å²) >= 11 is 0. The van der Waals surface area contributed by atoms with Crippen LogP contribution in [-0.4, -0.2) is 21.8 Å². The number of carbonyl (C=O) groups is 2. The van der Waals surface area contributed by atoms with Gasteiger partial charge in [-0.2, -0.15) is 0 Å². The van der Waals surface area contributed by atoms with Gasteiger partial charge in [-0.25, -0.2) is 0 Å². The molecule has 0 fully saturated rings. The maximum absolute atomic E-state index is 11.0. The van der Waals surface area contributed by atoms with E-state index in [0.29, 0.717) is 0 Å². The van der Waals surface area contributed by atoms with E-state index in [9.17, 15) is 19.8 Å². The summed E-state index contributed by atoms with van der Waals surface area (Å²) in [6, 6.07) is 2.49. The van der Waals surface area contributed by atoms with Crippen molar-refractivity contribution in [1.29, 1.82) is 0 Å². The molecule has 0 spiro atoms. The van der Waals surface area contributed by atoms with Gasteiger partial charge in [-0.05, 0) is 26.0 Å². The number of aromatic hydroxyl groups is 2. The van der Waals surface area contributed by atoms with E-state index >= 15 is 0 Å². The summed E-state index contributed by atoms with van der Waals surface area (Å²) in [7, 11) is 0. The first kappa shape index (κ1) is 10.2. The van der Waals surface area contributed by atoms with Gasteiger partial charge in [-0.15, -0.1) is 0 Å². The topological polar surface area (TPSA) is 74.6 Å². The number of hydrogen-bond acceptors (Lipinski definition) is 4. The largest absolute Gasteiger partial charge is 0.507 e. The number of ketones is 2. The Morgan fingerprint density at radius 2 is 1.64 bits per heavy atom. The number of phenols is 2. The molecule has 0 aliphatic heterocycles. The SMILES string of the molecule is CC(=O)c1ccc(O)c(C(C)=O)c1O. The normalized spacial score (nSPS) is 9.86. The van der Waals surface area contributed by atoms with Gasteiger partial charge >= 0.3 is 0 Å². The average Bonchev–Trinajstić information content (AvgIpc) is 2.02. The monoisotopic (exact) mass is 194 g/mol. The number of benzene rings is 1. The zero-order chi connectivity index (χ0) is 10.9. The molecule has 1 aromatic carbocycles. The van der Waals surface area contributed by atoms with Gasteiger partial charge in [0.2, 0.25) is 0 Å². The third-order valence-electron chi connectivity index (χ3n) is 1.89. The van der Waals surface area contributed by atoms with Crippen molar-refractivity contribution in [2.75, 3.05) is 0 Å². The molecular weight excluding hydrogens is 184 g/mol. The zero-order valence-corrected chi connectivity index (χ0v) is 7.87. The predicted octanol–water partition coefficient (Wildman–Crippen LogP) is 1.50. The predicted molar refractivity (Wildman–Crippen MR) is 49.8 cm³/mol. The second-order valence-electron chi connectivity index (χ2n) is 2.97. The van der Waals surface area contributed by atoms with Gasteiger partial charge in [0, 0.05) is 0 Å². The van der Waals surface area contributed by atoms with E-state index in [1.807, 2.05) is 0 Å². The Balaban J connectivity index is 3.49. The Morgan fingerprint density at radius 1 is 1.07 bits per heavy atom. The van der Waals surface area contributed by atoms with Crippen molar-refractivity contribution in [2.24, 2.45) is 0 Å². The fraction of sp³-hybridized carbons (Fsp3) is 0.200. The lowest BCUT2D eigenvalue weighted by Crippen LogP contribution is -2.00. The fourth-order valence-corrected chi connectivity index (χ4v) is 1.21. The highest BCUT2D eigenvalue weighted by Gasteiger charge is 2.17. The van der Waals surface area contributed by atoms with E-state index in [-0.39, 0.29) is 22.7 Å². The quantitative estimate of drug-likeness (QED) is 0.699. The highest BCUT2D eigenvalue weighted by Crippen LogP contribution is 2.30. The molecule has 74 valence electrons. The Morgan fingerprint density at radius 3 is 2.07 bits per heavy atom. The van der Waals surface area contributed by atoms with Crippen molar-refractivity contribution in [1.82, 2.24) is 0 Å². The van der Waals surface area contributed by atoms with Gasteiger partial charge in [0.05, 0.1) is 5.56 Å². The summed E-state index contributed by atoms with van der Waals surface area (Å²) in [5, 5.41) is 18.8. The van der Waals surface area contributed by atoms with Crippen LogP contribution < -0.4 is 0 Å². The van der Waals surface area contributed by atoms with Gasteiger partial charge in [-0.1, -0.05) is 0 Å². The molecule has 0 atom stereocenters. The minimum absolute atomic E-state index is 0.0352. The summed E-state index contributed by atoms with van der Waals surface area (Å²) in [6.45, 7) is 2.48. The zero-order valence-electron chi connectivity index (χ0n) is 7.87. The van der Waals surface area contributed by atoms with Crippen LogP contribution in [0.5, 0.6) is 11.5 Å². The van der Waals surface area contributed by atoms with Crippen molar-refractivity contribution in [3.05, 3.63) is 23.3 Å². The van der Waals surface area contributed by atoms with Gasteiger partial charge in [0.15, 0.2) is 11.6 Å². The van der Waals surface area contributed by atoms with Crippen molar-refractivity contribution < 1.29 is 19.8 Å². The maximum Gasteiger partial charge on any atom is 0.167 e. The van der Waals surface area contributed by atoms with Gasteiger partial charge in [0.25, 0.3) is 0 Å². The molecule has 0 aromatic heterocycles. The third kappa shape index (κ3) is 1.59. The molecule has 0 bridgehead atoms. The Hall–Kier alpha value is -1.84. The van der Waals surface area contributed by atoms with Gasteiger partial charge in [0.1, 0.15) is 17.1 Å². The Labute approximate surface area is 80.8 Å². The second-order valence-corrected chi connectivity index (χ2v) is 2.97. The minimum atomic E-state index is -0.483. The number of hydrogen-bond donors (Lipinski definition) is 2. The van der Waals surface area contributed by atoms with Crippen molar-refractivity contribution in [3.8, 4) is 11.5 Å². The molecular formula is C10H10O4. The van der Waals surface area contributed by atoms with Crippen LogP contribution in [0.25, 0.3) is 0 Å². The van der Waals surface area contributed by atoms with E-state index in [1.165, 1.54) is 26.0 Å². The summed E-state index contributed by atoms with van der Waals surface area (Å²) < 4.78 is 0. The number of carbonyl (C=O) groups excluding carboxylic acids is 2. The molecule has 1 aromatic rings. The number of phenolic OH excluding ortho intramolecular Hbond substituents is 2. The number of Topliss-reactive ketones (excluding diaryl/α,β-unsaturated/α-hetero) is 2. The van der Waals surface area contributed by atoms with Gasteiger partial charge in [-0.3, -0.25) is 9.59 Å². The fourth-order valence-electron chi connectivity index (χ4n) is 1.21. The van der Waals surface area contributed by atoms with Crippen LogP contribution in [0.2, 0.25) is 0 Å². The third-order valence-corrected chi connectivity index (χ3v) is 1.89. The Kier molecular flexibility index (Phi) is 2.56. The summed E-state index contributed by atoms with van der Waals surface area (Å²) in [4.78, 5) is 22.0. The molecule has 0 aliphatic carbocycles. The first-order valence-corrected chi connectivity index (χ1v) is 4.02. The molecule has 1 rings (SSSR count). The summed E-state index contributed by atoms with van der Waals surface area (Å²) in [6.07, 6.45) is 0. The lowest BCUT2D eigenvalue weighted by Gasteiger charge is -2.06. The first-order valence-electron chi connectivity index (χ1n) is 4.02. The molecule has 0 unspecified atom stereocenters. The van der Waals surface area contributed by atoms with Crippen LogP contribution in [0.3, 0.4) is 0 Å². The molecule has 2 N–H and O–H groups in total. The van der Waals surface area contributed by atoms with E-state index in [0.717, 1.165) is 0 Å². The molecule has 4 heteroatoms. The van der Waals surface area contributed by atoms with E-state index in [2.05, 4.69) is 0 Å². The van der Waals surface area contributed by atoms with E-state index < -0.39 is 11.5 Å². The molecule has 0 aliphatic rings. The molecule has 0 amide bonds. The van der Waals surface area contributed by atoms with E-state index in [4.69, 9.17) is 0 Å². The van der Waals surface area contributed by atoms with Crippen LogP contribution in [0.15, 0.2) is 12.1 Å². The number of rotatable bonds is 2. The van der Waals surface area contributed by atoms with Crippen LogP contribution in [-0.2, 0) is 0 Å². The smallest absolute Gasteiger partial charge is 0.167 e. The average molecular weight is 194 g/mol. The molecule has 4 nitrogen and oxygen atoms in total. The standard InChI is InChI=1S/C10H10O4/c1-5(11)7-3-4-8(13)9(6(2)12)10(7)14/h3-4,13-14H,1-2H3. The highest BCUT2D eigenvalue weighted by molar-refractivity contribution is 6.05. The van der Waals surface area contributed by atoms with Crippen LogP contribution in [0.1, 0.15) is 34.6 Å². The van der Waals surface area contributed by atoms with Crippen LogP contribution in [0.4, 0.5) is 0 Å². The molecule has 14 heavy (non-hydrogen) atoms. The second kappa shape index (κ2) is 3.49. The van der Waals surface area contributed by atoms with Crippen molar-refractivity contribution in [2.45, 2.75) is 13.8 Å². The molecule has 0 radical (unpaired) electrons. The van der Waals surface area contributed by atoms with Crippen molar-refractivity contribution in [3.63, 3.8) is 0 Å². The lowest BCUT2D eigenvalue weighted by atomic mass is 10.0. The van der Waals surface area contributed by atoms with E-state index in [1.54, 1.807) is 0 Å². The minimum Gasteiger partial charge on any atom is -0.507 e.